The van der Waals surface area contributed by atoms with Gasteiger partial charge in [0.1, 0.15) is 29.5 Å². The van der Waals surface area contributed by atoms with Crippen molar-refractivity contribution in [2.75, 3.05) is 0 Å². The minimum Gasteiger partial charge on any atom is -0.486 e. The van der Waals surface area contributed by atoms with Crippen molar-refractivity contribution in [3.8, 4) is 5.75 Å². The number of carbonyl (C=O) groups is 1. The summed E-state index contributed by atoms with van der Waals surface area (Å²) < 4.78 is 13.1. The summed E-state index contributed by atoms with van der Waals surface area (Å²) in [5.41, 5.74) is 6.41. The Morgan fingerprint density at radius 3 is 2.95 bits per heavy atom. The second-order valence-corrected chi connectivity index (χ2v) is 4.80. The summed E-state index contributed by atoms with van der Waals surface area (Å²) in [5, 5.41) is 0.664. The van der Waals surface area contributed by atoms with E-state index in [1.165, 1.54) is 0 Å². The number of primary amides is 1. The van der Waals surface area contributed by atoms with Crippen molar-refractivity contribution < 1.29 is 13.9 Å². The minimum atomic E-state index is -0.507. The standard InChI is InChI=1S/C15H15N3O3/c1-9-14(15(16)19)11-7-10(3-4-12(11)21-9)20-8-13-17-5-6-18(13)2/h3-7H,8H2,1-2H3,(H2,16,19). The number of imidazole rings is 1. The molecule has 0 saturated carbocycles. The number of fused-ring (bicyclic) bond motifs is 1. The van der Waals surface area contributed by atoms with Crippen LogP contribution >= 0.6 is 0 Å². The SMILES string of the molecule is Cc1oc2ccc(OCc3nccn3C)cc2c1C(N)=O. The number of nitrogens with two attached hydrogens (primary N) is 1. The molecule has 3 rings (SSSR count). The number of furan rings is 1. The van der Waals surface area contributed by atoms with Gasteiger partial charge in [0, 0.05) is 24.8 Å². The zero-order chi connectivity index (χ0) is 15.0. The van der Waals surface area contributed by atoms with Gasteiger partial charge in [0.05, 0.1) is 5.56 Å². The summed E-state index contributed by atoms with van der Waals surface area (Å²) in [6.45, 7) is 2.06. The van der Waals surface area contributed by atoms with Gasteiger partial charge in [0.2, 0.25) is 0 Å². The van der Waals surface area contributed by atoms with Crippen LogP contribution in [0.5, 0.6) is 5.75 Å². The molecule has 0 saturated heterocycles. The summed E-state index contributed by atoms with van der Waals surface area (Å²) in [5.74, 6) is 1.45. The Hall–Kier alpha value is -2.76. The lowest BCUT2D eigenvalue weighted by molar-refractivity contribution is 0.1000. The zero-order valence-corrected chi connectivity index (χ0v) is 11.8. The highest BCUT2D eigenvalue weighted by molar-refractivity contribution is 6.06. The number of amides is 1. The smallest absolute Gasteiger partial charge is 0.252 e. The average molecular weight is 285 g/mol. The molecule has 0 aliphatic rings. The summed E-state index contributed by atoms with van der Waals surface area (Å²) in [6, 6.07) is 5.32. The first-order valence-corrected chi connectivity index (χ1v) is 6.48. The molecule has 1 aromatic carbocycles. The first-order chi connectivity index (χ1) is 10.1. The zero-order valence-electron chi connectivity index (χ0n) is 11.8. The van der Waals surface area contributed by atoms with Gasteiger partial charge in [0.25, 0.3) is 5.91 Å². The maximum Gasteiger partial charge on any atom is 0.252 e. The van der Waals surface area contributed by atoms with Crippen LogP contribution < -0.4 is 10.5 Å². The molecule has 0 radical (unpaired) electrons. The number of aryl methyl sites for hydroxylation is 2. The summed E-state index contributed by atoms with van der Waals surface area (Å²) >= 11 is 0. The molecule has 0 spiro atoms. The van der Waals surface area contributed by atoms with Gasteiger partial charge in [-0.25, -0.2) is 4.98 Å². The molecule has 1 amide bonds. The van der Waals surface area contributed by atoms with E-state index in [0.717, 1.165) is 5.82 Å². The fourth-order valence-electron chi connectivity index (χ4n) is 2.28. The number of hydrogen-bond acceptors (Lipinski definition) is 4. The van der Waals surface area contributed by atoms with E-state index < -0.39 is 5.91 Å². The largest absolute Gasteiger partial charge is 0.486 e. The molecule has 0 bridgehead atoms. The van der Waals surface area contributed by atoms with E-state index in [2.05, 4.69) is 4.98 Å². The van der Waals surface area contributed by atoms with E-state index >= 15 is 0 Å². The monoisotopic (exact) mass is 285 g/mol. The van der Waals surface area contributed by atoms with E-state index in [4.69, 9.17) is 14.9 Å². The van der Waals surface area contributed by atoms with Gasteiger partial charge >= 0.3 is 0 Å². The number of nitrogens with zero attached hydrogens (tertiary/aromatic N) is 2. The number of ether oxygens (including phenoxy) is 1. The molecule has 6 heteroatoms. The van der Waals surface area contributed by atoms with Crippen molar-refractivity contribution in [1.82, 2.24) is 9.55 Å². The molecule has 3 aromatic rings. The molecule has 0 atom stereocenters. The molecule has 2 heterocycles. The lowest BCUT2D eigenvalue weighted by Crippen LogP contribution is -2.11. The Labute approximate surface area is 121 Å². The minimum absolute atomic E-state index is 0.345. The normalized spacial score (nSPS) is 11.0. The Morgan fingerprint density at radius 2 is 2.29 bits per heavy atom. The van der Waals surface area contributed by atoms with Crippen LogP contribution in [0.4, 0.5) is 0 Å². The van der Waals surface area contributed by atoms with Crippen LogP contribution in [0, 0.1) is 6.92 Å². The maximum atomic E-state index is 11.5. The van der Waals surface area contributed by atoms with E-state index in [1.54, 1.807) is 31.3 Å². The molecular formula is C15H15N3O3. The Kier molecular flexibility index (Phi) is 3.13. The average Bonchev–Trinajstić information content (AvgIpc) is 2.98. The molecule has 2 aromatic heterocycles. The predicted octanol–water partition coefficient (Wildman–Crippen LogP) is 2.15. The molecule has 0 aliphatic carbocycles. The molecule has 6 nitrogen and oxygen atoms in total. The van der Waals surface area contributed by atoms with Crippen molar-refractivity contribution in [3.05, 3.63) is 47.7 Å². The quantitative estimate of drug-likeness (QED) is 0.796. The first-order valence-electron chi connectivity index (χ1n) is 6.48. The van der Waals surface area contributed by atoms with Crippen LogP contribution in [-0.4, -0.2) is 15.5 Å². The lowest BCUT2D eigenvalue weighted by atomic mass is 10.1. The number of carbonyl (C=O) groups excluding carboxylic acids is 1. The van der Waals surface area contributed by atoms with Crippen molar-refractivity contribution in [2.24, 2.45) is 12.8 Å². The number of hydrogen-bond donors (Lipinski definition) is 1. The fraction of sp³-hybridized carbons (Fsp3) is 0.200. The van der Waals surface area contributed by atoms with Crippen LogP contribution in [0.2, 0.25) is 0 Å². The molecule has 2 N–H and O–H groups in total. The van der Waals surface area contributed by atoms with Crippen molar-refractivity contribution in [2.45, 2.75) is 13.5 Å². The number of benzene rings is 1. The fourth-order valence-corrected chi connectivity index (χ4v) is 2.28. The second kappa shape index (κ2) is 4.97. The molecule has 0 aliphatic heterocycles. The molecule has 108 valence electrons. The molecular weight excluding hydrogens is 270 g/mol. The van der Waals surface area contributed by atoms with E-state index in [-0.39, 0.29) is 0 Å². The Balaban J connectivity index is 1.91. The summed E-state index contributed by atoms with van der Waals surface area (Å²) in [4.78, 5) is 15.7. The number of aromatic nitrogens is 2. The summed E-state index contributed by atoms with van der Waals surface area (Å²) in [7, 11) is 1.90. The van der Waals surface area contributed by atoms with Crippen molar-refractivity contribution in [3.63, 3.8) is 0 Å². The van der Waals surface area contributed by atoms with Gasteiger partial charge in [-0.2, -0.15) is 0 Å². The summed E-state index contributed by atoms with van der Waals surface area (Å²) in [6.07, 6.45) is 3.57. The van der Waals surface area contributed by atoms with Crippen molar-refractivity contribution in [1.29, 1.82) is 0 Å². The van der Waals surface area contributed by atoms with Crippen LogP contribution in [-0.2, 0) is 13.7 Å². The lowest BCUT2D eigenvalue weighted by Gasteiger charge is -2.06. The Morgan fingerprint density at radius 1 is 1.48 bits per heavy atom. The van der Waals surface area contributed by atoms with E-state index in [1.807, 2.05) is 17.8 Å². The third-order valence-electron chi connectivity index (χ3n) is 3.37. The highest BCUT2D eigenvalue weighted by Gasteiger charge is 2.16. The third kappa shape index (κ3) is 2.35. The van der Waals surface area contributed by atoms with Gasteiger partial charge in [-0.1, -0.05) is 0 Å². The molecule has 0 unspecified atom stereocenters. The Bertz CT molecular complexity index is 817. The maximum absolute atomic E-state index is 11.5. The van der Waals surface area contributed by atoms with Crippen LogP contribution in [0.1, 0.15) is 21.9 Å². The highest BCUT2D eigenvalue weighted by Crippen LogP contribution is 2.29. The first kappa shape index (κ1) is 13.2. The van der Waals surface area contributed by atoms with Gasteiger partial charge in [-0.05, 0) is 25.1 Å². The van der Waals surface area contributed by atoms with Crippen molar-refractivity contribution >= 4 is 16.9 Å². The van der Waals surface area contributed by atoms with Crippen LogP contribution in [0.25, 0.3) is 11.0 Å². The van der Waals surface area contributed by atoms with Gasteiger partial charge in [-0.3, -0.25) is 4.79 Å². The molecule has 0 fully saturated rings. The van der Waals surface area contributed by atoms with Crippen LogP contribution in [0.15, 0.2) is 35.0 Å². The molecule has 21 heavy (non-hydrogen) atoms. The van der Waals surface area contributed by atoms with Gasteiger partial charge in [-0.15, -0.1) is 0 Å². The third-order valence-corrected chi connectivity index (χ3v) is 3.37. The van der Waals surface area contributed by atoms with E-state index in [9.17, 15) is 4.79 Å². The van der Waals surface area contributed by atoms with E-state index in [0.29, 0.717) is 34.6 Å². The van der Waals surface area contributed by atoms with Gasteiger partial charge < -0.3 is 19.5 Å². The number of rotatable bonds is 4. The highest BCUT2D eigenvalue weighted by atomic mass is 16.5. The second-order valence-electron chi connectivity index (χ2n) is 4.80. The predicted molar refractivity (Wildman–Crippen MR) is 77.0 cm³/mol. The van der Waals surface area contributed by atoms with Crippen LogP contribution in [0.3, 0.4) is 0 Å². The topological polar surface area (TPSA) is 83.3 Å². The van der Waals surface area contributed by atoms with Gasteiger partial charge in [0.15, 0.2) is 0 Å².